The van der Waals surface area contributed by atoms with Gasteiger partial charge in [-0.3, -0.25) is 0 Å². The highest BCUT2D eigenvalue weighted by molar-refractivity contribution is 8.93. The molecule has 0 saturated heterocycles. The molecule has 1 aliphatic rings. The lowest BCUT2D eigenvalue weighted by Crippen LogP contribution is -2.33. The van der Waals surface area contributed by atoms with Crippen LogP contribution in [0.3, 0.4) is 0 Å². The van der Waals surface area contributed by atoms with Crippen molar-refractivity contribution in [2.45, 2.75) is 12.5 Å². The molecule has 0 aromatic heterocycles. The highest BCUT2D eigenvalue weighted by Crippen LogP contribution is 2.27. The van der Waals surface area contributed by atoms with Gasteiger partial charge in [-0.15, -0.1) is 17.0 Å². The predicted molar refractivity (Wildman–Crippen MR) is 55.6 cm³/mol. The van der Waals surface area contributed by atoms with Crippen molar-refractivity contribution >= 4 is 17.0 Å². The molecule has 0 spiro atoms. The van der Waals surface area contributed by atoms with E-state index >= 15 is 0 Å². The van der Waals surface area contributed by atoms with Crippen LogP contribution in [0.5, 0.6) is 11.5 Å². The lowest BCUT2D eigenvalue weighted by atomic mass is 10.0. The van der Waals surface area contributed by atoms with Gasteiger partial charge in [0.05, 0.1) is 0 Å². The van der Waals surface area contributed by atoms with E-state index in [0.29, 0.717) is 6.61 Å². The number of nitrogens with two attached hydrogens (primary N) is 1. The number of hydrogen-bond acceptors (Lipinski definition) is 3. The Hall–Kier alpha value is -0.740. The van der Waals surface area contributed by atoms with Crippen molar-refractivity contribution in [3.63, 3.8) is 0 Å². The Labute approximate surface area is 87.3 Å². The van der Waals surface area contributed by atoms with Crippen molar-refractivity contribution in [2.75, 3.05) is 6.61 Å². The molecule has 72 valence electrons. The second-order valence-corrected chi connectivity index (χ2v) is 3.07. The largest absolute Gasteiger partial charge is 0.508 e. The number of benzene rings is 1. The van der Waals surface area contributed by atoms with Crippen molar-refractivity contribution in [3.8, 4) is 11.5 Å². The van der Waals surface area contributed by atoms with E-state index in [1.165, 1.54) is 0 Å². The first-order valence-electron chi connectivity index (χ1n) is 3.96. The van der Waals surface area contributed by atoms with E-state index < -0.39 is 0 Å². The maximum Gasteiger partial charge on any atom is 0.122 e. The van der Waals surface area contributed by atoms with E-state index in [9.17, 15) is 5.11 Å². The van der Waals surface area contributed by atoms with Crippen LogP contribution in [0.2, 0.25) is 0 Å². The second kappa shape index (κ2) is 3.98. The lowest BCUT2D eigenvalue weighted by Gasteiger charge is -2.22. The molecule has 1 heterocycles. The first kappa shape index (κ1) is 10.3. The van der Waals surface area contributed by atoms with Gasteiger partial charge in [0.1, 0.15) is 18.1 Å². The zero-order chi connectivity index (χ0) is 8.55. The van der Waals surface area contributed by atoms with Gasteiger partial charge >= 0.3 is 0 Å². The fraction of sp³-hybridized carbons (Fsp3) is 0.333. The number of ether oxygens (including phenoxy) is 1. The average Bonchev–Trinajstić information content (AvgIpc) is 2.03. The molecule has 1 aliphatic heterocycles. The third kappa shape index (κ3) is 2.14. The van der Waals surface area contributed by atoms with Gasteiger partial charge in [-0.1, -0.05) is 0 Å². The summed E-state index contributed by atoms with van der Waals surface area (Å²) in [5, 5.41) is 9.18. The molecular weight excluding hydrogens is 234 g/mol. The molecule has 4 heteroatoms. The molecule has 13 heavy (non-hydrogen) atoms. The topological polar surface area (TPSA) is 55.5 Å². The lowest BCUT2D eigenvalue weighted by molar-refractivity contribution is 0.263. The smallest absolute Gasteiger partial charge is 0.122 e. The summed E-state index contributed by atoms with van der Waals surface area (Å²) >= 11 is 0. The normalized spacial score (nSPS) is 19.6. The number of phenolic OH excluding ortho intramolecular Hbond substituents is 1. The van der Waals surface area contributed by atoms with E-state index in [4.69, 9.17) is 10.5 Å². The maximum absolute atomic E-state index is 9.18. The first-order chi connectivity index (χ1) is 5.75. The summed E-state index contributed by atoms with van der Waals surface area (Å²) in [6.07, 6.45) is 0.781. The molecule has 1 atom stereocenters. The van der Waals surface area contributed by atoms with Gasteiger partial charge in [-0.05, 0) is 30.2 Å². The molecule has 1 aromatic carbocycles. The molecule has 0 bridgehead atoms. The van der Waals surface area contributed by atoms with Crippen LogP contribution in [0, 0.1) is 0 Å². The number of halogens is 1. The molecule has 0 radical (unpaired) electrons. The maximum atomic E-state index is 9.18. The van der Waals surface area contributed by atoms with E-state index in [0.717, 1.165) is 17.7 Å². The van der Waals surface area contributed by atoms with Gasteiger partial charge in [0.25, 0.3) is 0 Å². The first-order valence-corrected chi connectivity index (χ1v) is 3.96. The molecule has 0 aliphatic carbocycles. The van der Waals surface area contributed by atoms with E-state index in [-0.39, 0.29) is 28.8 Å². The van der Waals surface area contributed by atoms with Crippen LogP contribution in [-0.4, -0.2) is 17.8 Å². The van der Waals surface area contributed by atoms with Gasteiger partial charge in [-0.2, -0.15) is 0 Å². The van der Waals surface area contributed by atoms with Crippen LogP contribution in [0.15, 0.2) is 18.2 Å². The van der Waals surface area contributed by atoms with Crippen LogP contribution in [0.4, 0.5) is 0 Å². The minimum Gasteiger partial charge on any atom is -0.508 e. The van der Waals surface area contributed by atoms with Crippen molar-refractivity contribution in [1.29, 1.82) is 0 Å². The molecule has 0 saturated carbocycles. The average molecular weight is 246 g/mol. The SMILES string of the molecule is Br.NC1COc2ccc(O)cc2C1. The predicted octanol–water partition coefficient (Wildman–Crippen LogP) is 1.23. The third-order valence-corrected chi connectivity index (χ3v) is 1.98. The van der Waals surface area contributed by atoms with Gasteiger partial charge in [-0.25, -0.2) is 0 Å². The van der Waals surface area contributed by atoms with Gasteiger partial charge in [0.15, 0.2) is 0 Å². The summed E-state index contributed by atoms with van der Waals surface area (Å²) in [5.74, 6) is 1.11. The molecule has 2 rings (SSSR count). The van der Waals surface area contributed by atoms with Gasteiger partial charge < -0.3 is 15.6 Å². The Morgan fingerprint density at radius 1 is 1.46 bits per heavy atom. The van der Waals surface area contributed by atoms with Crippen LogP contribution in [0.25, 0.3) is 0 Å². The third-order valence-electron chi connectivity index (χ3n) is 1.98. The zero-order valence-corrected chi connectivity index (χ0v) is 8.78. The van der Waals surface area contributed by atoms with Crippen LogP contribution in [-0.2, 0) is 6.42 Å². The summed E-state index contributed by atoms with van der Waals surface area (Å²) in [5.41, 5.74) is 6.69. The van der Waals surface area contributed by atoms with E-state index in [1.54, 1.807) is 18.2 Å². The Kier molecular flexibility index (Phi) is 3.17. The zero-order valence-electron chi connectivity index (χ0n) is 7.06. The molecule has 3 N–H and O–H groups in total. The quantitative estimate of drug-likeness (QED) is 0.723. The number of fused-ring (bicyclic) bond motifs is 1. The Morgan fingerprint density at radius 2 is 2.23 bits per heavy atom. The van der Waals surface area contributed by atoms with Gasteiger partial charge in [0.2, 0.25) is 0 Å². The molecule has 3 nitrogen and oxygen atoms in total. The number of hydrogen-bond donors (Lipinski definition) is 2. The highest BCUT2D eigenvalue weighted by Gasteiger charge is 2.16. The van der Waals surface area contributed by atoms with Crippen LogP contribution in [0.1, 0.15) is 5.56 Å². The Balaban J connectivity index is 0.000000845. The van der Waals surface area contributed by atoms with Crippen LogP contribution < -0.4 is 10.5 Å². The van der Waals surface area contributed by atoms with Crippen molar-refractivity contribution in [2.24, 2.45) is 5.73 Å². The minimum absolute atomic E-state index is 0. The summed E-state index contributed by atoms with van der Waals surface area (Å²) in [4.78, 5) is 0. The fourth-order valence-corrected chi connectivity index (χ4v) is 1.40. The summed E-state index contributed by atoms with van der Waals surface area (Å²) in [6.45, 7) is 0.567. The number of phenols is 1. The standard InChI is InChI=1S/C9H11NO2.BrH/c10-7-3-6-4-8(11)1-2-9(6)12-5-7;/h1-2,4,7,11H,3,5,10H2;1H. The van der Waals surface area contributed by atoms with Crippen molar-refractivity contribution in [3.05, 3.63) is 23.8 Å². The number of aromatic hydroxyl groups is 1. The Morgan fingerprint density at radius 3 is 3.00 bits per heavy atom. The molecule has 0 fully saturated rings. The van der Waals surface area contributed by atoms with Gasteiger partial charge in [0, 0.05) is 6.04 Å². The van der Waals surface area contributed by atoms with Crippen molar-refractivity contribution < 1.29 is 9.84 Å². The number of rotatable bonds is 0. The van der Waals surface area contributed by atoms with E-state index in [2.05, 4.69) is 0 Å². The molecule has 0 amide bonds. The molecule has 1 unspecified atom stereocenters. The highest BCUT2D eigenvalue weighted by atomic mass is 79.9. The molecule has 1 aromatic rings. The van der Waals surface area contributed by atoms with Crippen molar-refractivity contribution in [1.82, 2.24) is 0 Å². The molecular formula is C9H12BrNO2. The monoisotopic (exact) mass is 245 g/mol. The Bertz CT molecular complexity index is 304. The fourth-order valence-electron chi connectivity index (χ4n) is 1.40. The second-order valence-electron chi connectivity index (χ2n) is 3.07. The summed E-state index contributed by atoms with van der Waals surface area (Å²) in [7, 11) is 0. The minimum atomic E-state index is 0. The summed E-state index contributed by atoms with van der Waals surface area (Å²) in [6, 6.07) is 5.15. The van der Waals surface area contributed by atoms with Crippen LogP contribution >= 0.6 is 17.0 Å². The summed E-state index contributed by atoms with van der Waals surface area (Å²) < 4.78 is 5.35. The van der Waals surface area contributed by atoms with E-state index in [1.807, 2.05) is 0 Å².